The second kappa shape index (κ2) is 9.86. The van der Waals surface area contributed by atoms with Gasteiger partial charge in [0.2, 0.25) is 0 Å². The van der Waals surface area contributed by atoms with Crippen molar-refractivity contribution in [3.05, 3.63) is 72.4 Å². The van der Waals surface area contributed by atoms with E-state index in [9.17, 15) is 4.79 Å². The first-order valence-electron chi connectivity index (χ1n) is 8.74. The second-order valence-electron chi connectivity index (χ2n) is 5.78. The average molecular weight is 379 g/mol. The first kappa shape index (κ1) is 19.1. The van der Waals surface area contributed by atoms with Gasteiger partial charge in [0.25, 0.3) is 5.91 Å². The second-order valence-corrected chi connectivity index (χ2v) is 5.78. The first-order valence-corrected chi connectivity index (χ1v) is 8.74. The minimum Gasteiger partial charge on any atom is -0.497 e. The van der Waals surface area contributed by atoms with Crippen LogP contribution >= 0.6 is 0 Å². The molecule has 0 radical (unpaired) electrons. The first-order chi connectivity index (χ1) is 13.7. The molecular weight excluding hydrogens is 358 g/mol. The molecule has 8 heteroatoms. The van der Waals surface area contributed by atoms with Gasteiger partial charge in [-0.1, -0.05) is 6.07 Å². The van der Waals surface area contributed by atoms with Crippen molar-refractivity contribution in [1.29, 1.82) is 0 Å². The Balaban J connectivity index is 1.44. The summed E-state index contributed by atoms with van der Waals surface area (Å²) in [6.07, 6.45) is 4.84. The lowest BCUT2D eigenvalue weighted by atomic mass is 10.3. The third-order valence-electron chi connectivity index (χ3n) is 3.81. The molecule has 28 heavy (non-hydrogen) atoms. The predicted octanol–water partition coefficient (Wildman–Crippen LogP) is 2.30. The molecule has 1 aromatic carbocycles. The van der Waals surface area contributed by atoms with E-state index in [4.69, 9.17) is 9.47 Å². The smallest absolute Gasteiger partial charge is 0.270 e. The van der Waals surface area contributed by atoms with Crippen LogP contribution in [0.4, 0.5) is 5.82 Å². The Kier molecular flexibility index (Phi) is 6.73. The fourth-order valence-corrected chi connectivity index (χ4v) is 2.37. The molecule has 0 unspecified atom stereocenters. The number of nitrogens with one attached hydrogen (secondary N) is 2. The van der Waals surface area contributed by atoms with E-state index in [1.165, 1.54) is 6.33 Å². The van der Waals surface area contributed by atoms with E-state index in [1.54, 1.807) is 25.6 Å². The number of pyridine rings is 1. The summed E-state index contributed by atoms with van der Waals surface area (Å²) in [5.74, 6) is 1.75. The molecule has 144 valence electrons. The van der Waals surface area contributed by atoms with Gasteiger partial charge in [0, 0.05) is 25.0 Å². The molecule has 0 saturated carbocycles. The Labute approximate surface area is 163 Å². The summed E-state index contributed by atoms with van der Waals surface area (Å²) in [7, 11) is 1.61. The van der Waals surface area contributed by atoms with Gasteiger partial charge >= 0.3 is 0 Å². The number of amides is 1. The molecule has 0 aliphatic heterocycles. The van der Waals surface area contributed by atoms with Crippen molar-refractivity contribution in [3.8, 4) is 11.5 Å². The lowest BCUT2D eigenvalue weighted by molar-refractivity contribution is 0.0942. The standard InChI is InChI=1S/C20H21N5O3/c1-27-16-4-6-17(7-5-16)28-10-9-22-20(26)18-11-19(25-14-24-18)23-13-15-3-2-8-21-12-15/h2-8,11-12,14H,9-10,13H2,1H3,(H,22,26)(H,23,24,25). The third kappa shape index (κ3) is 5.66. The van der Waals surface area contributed by atoms with Crippen molar-refractivity contribution in [3.63, 3.8) is 0 Å². The SMILES string of the molecule is COc1ccc(OCCNC(=O)c2cc(NCc3cccnc3)ncn2)cc1. The quantitative estimate of drug-likeness (QED) is 0.551. The summed E-state index contributed by atoms with van der Waals surface area (Å²) in [6, 6.07) is 12.7. The molecular formula is C20H21N5O3. The van der Waals surface area contributed by atoms with Gasteiger partial charge in [-0.3, -0.25) is 9.78 Å². The van der Waals surface area contributed by atoms with Crippen LogP contribution in [0.2, 0.25) is 0 Å². The Morgan fingerprint density at radius 1 is 1.11 bits per heavy atom. The minimum atomic E-state index is -0.287. The van der Waals surface area contributed by atoms with Gasteiger partial charge in [0.15, 0.2) is 0 Å². The van der Waals surface area contributed by atoms with Crippen molar-refractivity contribution in [2.24, 2.45) is 0 Å². The fraction of sp³-hybridized carbons (Fsp3) is 0.200. The molecule has 0 fully saturated rings. The molecule has 3 rings (SSSR count). The molecule has 0 aliphatic carbocycles. The number of aromatic nitrogens is 3. The lowest BCUT2D eigenvalue weighted by Crippen LogP contribution is -2.29. The van der Waals surface area contributed by atoms with Crippen LogP contribution in [0.15, 0.2) is 61.2 Å². The van der Waals surface area contributed by atoms with Gasteiger partial charge in [-0.15, -0.1) is 0 Å². The third-order valence-corrected chi connectivity index (χ3v) is 3.81. The van der Waals surface area contributed by atoms with Crippen LogP contribution in [0.3, 0.4) is 0 Å². The maximum atomic E-state index is 12.3. The van der Waals surface area contributed by atoms with Crippen LogP contribution in [0.5, 0.6) is 11.5 Å². The van der Waals surface area contributed by atoms with E-state index < -0.39 is 0 Å². The molecule has 0 spiro atoms. The Hall–Kier alpha value is -3.68. The predicted molar refractivity (Wildman–Crippen MR) is 104 cm³/mol. The number of anilines is 1. The van der Waals surface area contributed by atoms with Crippen LogP contribution < -0.4 is 20.1 Å². The van der Waals surface area contributed by atoms with Gasteiger partial charge in [-0.2, -0.15) is 0 Å². The van der Waals surface area contributed by atoms with Crippen LogP contribution in [-0.4, -0.2) is 41.1 Å². The van der Waals surface area contributed by atoms with Crippen LogP contribution in [0.1, 0.15) is 16.1 Å². The van der Waals surface area contributed by atoms with Gasteiger partial charge < -0.3 is 20.1 Å². The van der Waals surface area contributed by atoms with E-state index >= 15 is 0 Å². The lowest BCUT2D eigenvalue weighted by Gasteiger charge is -2.09. The highest BCUT2D eigenvalue weighted by atomic mass is 16.5. The van der Waals surface area contributed by atoms with Crippen molar-refractivity contribution in [2.45, 2.75) is 6.54 Å². The summed E-state index contributed by atoms with van der Waals surface area (Å²) in [6.45, 7) is 1.25. The highest BCUT2D eigenvalue weighted by molar-refractivity contribution is 5.92. The van der Waals surface area contributed by atoms with E-state index in [0.717, 1.165) is 11.3 Å². The molecule has 1 amide bonds. The summed E-state index contributed by atoms with van der Waals surface area (Å²) in [5.41, 5.74) is 1.30. The Bertz CT molecular complexity index is 888. The summed E-state index contributed by atoms with van der Waals surface area (Å²) < 4.78 is 10.7. The number of hydrogen-bond donors (Lipinski definition) is 2. The molecule has 8 nitrogen and oxygen atoms in total. The molecule has 2 aromatic heterocycles. The van der Waals surface area contributed by atoms with E-state index in [2.05, 4.69) is 25.6 Å². The van der Waals surface area contributed by atoms with Crippen LogP contribution in [-0.2, 0) is 6.54 Å². The highest BCUT2D eigenvalue weighted by Gasteiger charge is 2.08. The topological polar surface area (TPSA) is 98.3 Å². The molecule has 0 saturated heterocycles. The molecule has 2 N–H and O–H groups in total. The van der Waals surface area contributed by atoms with Crippen molar-refractivity contribution >= 4 is 11.7 Å². The molecule has 0 bridgehead atoms. The monoisotopic (exact) mass is 379 g/mol. The Morgan fingerprint density at radius 3 is 2.68 bits per heavy atom. The molecule has 3 aromatic rings. The molecule has 0 aliphatic rings. The van der Waals surface area contributed by atoms with E-state index in [-0.39, 0.29) is 11.6 Å². The summed E-state index contributed by atoms with van der Waals surface area (Å²) >= 11 is 0. The number of nitrogens with zero attached hydrogens (tertiary/aromatic N) is 3. The largest absolute Gasteiger partial charge is 0.497 e. The Morgan fingerprint density at radius 2 is 1.93 bits per heavy atom. The maximum Gasteiger partial charge on any atom is 0.270 e. The number of carbonyl (C=O) groups is 1. The number of rotatable bonds is 9. The normalized spacial score (nSPS) is 10.2. The summed E-state index contributed by atoms with van der Waals surface area (Å²) in [4.78, 5) is 24.5. The zero-order valence-electron chi connectivity index (χ0n) is 15.5. The number of hydrogen-bond acceptors (Lipinski definition) is 7. The van der Waals surface area contributed by atoms with Gasteiger partial charge in [0.05, 0.1) is 13.7 Å². The number of methoxy groups -OCH3 is 1. The number of carbonyl (C=O) groups excluding carboxylic acids is 1. The zero-order chi connectivity index (χ0) is 19.6. The van der Waals surface area contributed by atoms with Crippen molar-refractivity contribution < 1.29 is 14.3 Å². The number of benzene rings is 1. The molecule has 0 atom stereocenters. The van der Waals surface area contributed by atoms with E-state index in [1.807, 2.05) is 36.4 Å². The van der Waals surface area contributed by atoms with E-state index in [0.29, 0.717) is 31.3 Å². The zero-order valence-corrected chi connectivity index (χ0v) is 15.5. The van der Waals surface area contributed by atoms with Gasteiger partial charge in [-0.25, -0.2) is 9.97 Å². The minimum absolute atomic E-state index is 0.285. The highest BCUT2D eigenvalue weighted by Crippen LogP contribution is 2.16. The van der Waals surface area contributed by atoms with Crippen LogP contribution in [0, 0.1) is 0 Å². The van der Waals surface area contributed by atoms with Crippen molar-refractivity contribution in [1.82, 2.24) is 20.3 Å². The van der Waals surface area contributed by atoms with Crippen LogP contribution in [0.25, 0.3) is 0 Å². The molecule has 2 heterocycles. The summed E-state index contributed by atoms with van der Waals surface area (Å²) in [5, 5.41) is 5.92. The fourth-order valence-electron chi connectivity index (χ4n) is 2.37. The van der Waals surface area contributed by atoms with Gasteiger partial charge in [0.1, 0.15) is 35.9 Å². The average Bonchev–Trinajstić information content (AvgIpc) is 2.76. The van der Waals surface area contributed by atoms with Crippen molar-refractivity contribution in [2.75, 3.05) is 25.6 Å². The number of ether oxygens (including phenoxy) is 2. The maximum absolute atomic E-state index is 12.3. The van der Waals surface area contributed by atoms with Gasteiger partial charge in [-0.05, 0) is 35.9 Å².